The van der Waals surface area contributed by atoms with Crippen molar-refractivity contribution in [2.24, 2.45) is 11.1 Å². The number of hydrogen-bond donors (Lipinski definition) is 1. The molecule has 0 atom stereocenters. The van der Waals surface area contributed by atoms with E-state index < -0.39 is 0 Å². The van der Waals surface area contributed by atoms with E-state index in [9.17, 15) is 0 Å². The molecule has 0 bridgehead atoms. The van der Waals surface area contributed by atoms with Crippen molar-refractivity contribution in [3.63, 3.8) is 0 Å². The van der Waals surface area contributed by atoms with E-state index in [2.05, 4.69) is 43.0 Å². The number of aryl methyl sites for hydroxylation is 1. The van der Waals surface area contributed by atoms with Crippen LogP contribution in [-0.4, -0.2) is 18.1 Å². The Bertz CT molecular complexity index is 426. The molecule has 2 N–H and O–H groups in total. The van der Waals surface area contributed by atoms with Gasteiger partial charge in [-0.3, -0.25) is 0 Å². The van der Waals surface area contributed by atoms with Crippen molar-refractivity contribution >= 4 is 22.9 Å². The third-order valence-electron chi connectivity index (χ3n) is 3.46. The van der Waals surface area contributed by atoms with Gasteiger partial charge >= 0.3 is 0 Å². The molecule has 0 aromatic heterocycles. The molecular formula is C14H20N2S. The van der Waals surface area contributed by atoms with Crippen LogP contribution in [0.1, 0.15) is 25.8 Å². The molecule has 2 rings (SSSR count). The molecule has 1 aliphatic heterocycles. The van der Waals surface area contributed by atoms with E-state index in [1.807, 2.05) is 0 Å². The fraction of sp³-hybridized carbons (Fsp3) is 0.500. The van der Waals surface area contributed by atoms with Crippen molar-refractivity contribution in [3.8, 4) is 0 Å². The molecule has 0 saturated carbocycles. The highest BCUT2D eigenvalue weighted by Crippen LogP contribution is 2.29. The predicted molar refractivity (Wildman–Crippen MR) is 77.5 cm³/mol. The molecule has 0 radical (unpaired) electrons. The van der Waals surface area contributed by atoms with Crippen LogP contribution in [0.3, 0.4) is 0 Å². The van der Waals surface area contributed by atoms with Gasteiger partial charge in [0.15, 0.2) is 0 Å². The van der Waals surface area contributed by atoms with Gasteiger partial charge in [0.25, 0.3) is 0 Å². The van der Waals surface area contributed by atoms with Crippen molar-refractivity contribution in [1.82, 2.24) is 0 Å². The molecule has 0 aliphatic carbocycles. The van der Waals surface area contributed by atoms with Crippen LogP contribution in [0, 0.1) is 5.41 Å². The number of hydrogen-bond acceptors (Lipinski definition) is 2. The lowest BCUT2D eigenvalue weighted by Gasteiger charge is -2.37. The van der Waals surface area contributed by atoms with Gasteiger partial charge in [0.1, 0.15) is 0 Å². The number of nitrogens with zero attached hydrogens (tertiary/aromatic N) is 1. The Morgan fingerprint density at radius 1 is 1.41 bits per heavy atom. The average Bonchev–Trinajstić information content (AvgIpc) is 2.29. The minimum atomic E-state index is -0.111. The van der Waals surface area contributed by atoms with Crippen LogP contribution < -0.4 is 10.6 Å². The van der Waals surface area contributed by atoms with Gasteiger partial charge in [-0.05, 0) is 24.5 Å². The van der Waals surface area contributed by atoms with E-state index in [0.29, 0.717) is 4.99 Å². The number of fused-ring (bicyclic) bond motifs is 1. The quantitative estimate of drug-likeness (QED) is 0.834. The second-order valence-electron chi connectivity index (χ2n) is 5.40. The summed E-state index contributed by atoms with van der Waals surface area (Å²) in [5.41, 5.74) is 8.49. The summed E-state index contributed by atoms with van der Waals surface area (Å²) in [5, 5.41) is 0. The van der Waals surface area contributed by atoms with Crippen molar-refractivity contribution in [2.75, 3.05) is 18.0 Å². The molecule has 0 fully saturated rings. The SMILES string of the molecule is CC(C)(CN1CCCc2ccccc21)C(N)=S. The van der Waals surface area contributed by atoms with Crippen molar-refractivity contribution in [2.45, 2.75) is 26.7 Å². The monoisotopic (exact) mass is 248 g/mol. The Morgan fingerprint density at radius 2 is 2.12 bits per heavy atom. The third-order valence-corrected chi connectivity index (χ3v) is 4.01. The van der Waals surface area contributed by atoms with E-state index in [4.69, 9.17) is 18.0 Å². The normalized spacial score (nSPS) is 15.5. The van der Waals surface area contributed by atoms with Gasteiger partial charge < -0.3 is 10.6 Å². The summed E-state index contributed by atoms with van der Waals surface area (Å²) in [7, 11) is 0. The lowest BCUT2D eigenvalue weighted by atomic mass is 9.91. The summed E-state index contributed by atoms with van der Waals surface area (Å²) in [6, 6.07) is 8.63. The Balaban J connectivity index is 2.22. The van der Waals surface area contributed by atoms with Crippen molar-refractivity contribution < 1.29 is 0 Å². The van der Waals surface area contributed by atoms with E-state index in [0.717, 1.165) is 13.1 Å². The number of anilines is 1. The summed E-state index contributed by atoms with van der Waals surface area (Å²) >= 11 is 5.15. The molecule has 3 heteroatoms. The standard InChI is InChI=1S/C14H20N2S/c1-14(2,13(15)17)10-16-9-5-7-11-6-3-4-8-12(11)16/h3-4,6,8H,5,7,9-10H2,1-2H3,(H2,15,17). The van der Waals surface area contributed by atoms with E-state index in [-0.39, 0.29) is 5.41 Å². The lowest BCUT2D eigenvalue weighted by Crippen LogP contribution is -2.43. The summed E-state index contributed by atoms with van der Waals surface area (Å²) in [6.07, 6.45) is 2.39. The van der Waals surface area contributed by atoms with Crippen LogP contribution in [-0.2, 0) is 6.42 Å². The molecular weight excluding hydrogens is 228 g/mol. The fourth-order valence-corrected chi connectivity index (χ4v) is 2.40. The summed E-state index contributed by atoms with van der Waals surface area (Å²) in [5.74, 6) is 0. The molecule has 0 amide bonds. The van der Waals surface area contributed by atoms with Gasteiger partial charge in [0, 0.05) is 24.2 Å². The number of thiocarbonyl (C=S) groups is 1. The van der Waals surface area contributed by atoms with Gasteiger partial charge in [0.05, 0.1) is 4.99 Å². The predicted octanol–water partition coefficient (Wildman–Crippen LogP) is 2.75. The zero-order valence-corrected chi connectivity index (χ0v) is 11.4. The Hall–Kier alpha value is -1.09. The van der Waals surface area contributed by atoms with E-state index in [1.54, 1.807) is 0 Å². The van der Waals surface area contributed by atoms with Crippen LogP contribution in [0.15, 0.2) is 24.3 Å². The maximum absolute atomic E-state index is 5.81. The first-order valence-corrected chi connectivity index (χ1v) is 6.54. The van der Waals surface area contributed by atoms with Gasteiger partial charge in [-0.25, -0.2) is 0 Å². The molecule has 1 heterocycles. The lowest BCUT2D eigenvalue weighted by molar-refractivity contribution is 0.499. The van der Waals surface area contributed by atoms with Gasteiger partial charge in [-0.1, -0.05) is 44.3 Å². The maximum Gasteiger partial charge on any atom is 0.0802 e. The molecule has 1 aromatic rings. The van der Waals surface area contributed by atoms with Crippen LogP contribution in [0.5, 0.6) is 0 Å². The first kappa shape index (κ1) is 12.4. The largest absolute Gasteiger partial charge is 0.393 e. The van der Waals surface area contributed by atoms with Crippen LogP contribution in [0.25, 0.3) is 0 Å². The first-order chi connectivity index (χ1) is 8.00. The molecule has 2 nitrogen and oxygen atoms in total. The number of para-hydroxylation sites is 1. The molecule has 0 unspecified atom stereocenters. The zero-order chi connectivity index (χ0) is 12.5. The topological polar surface area (TPSA) is 29.3 Å². The third kappa shape index (κ3) is 2.60. The highest BCUT2D eigenvalue weighted by Gasteiger charge is 2.27. The highest BCUT2D eigenvalue weighted by molar-refractivity contribution is 7.80. The zero-order valence-electron chi connectivity index (χ0n) is 10.6. The van der Waals surface area contributed by atoms with Crippen LogP contribution in [0.2, 0.25) is 0 Å². The van der Waals surface area contributed by atoms with Crippen LogP contribution in [0.4, 0.5) is 5.69 Å². The van der Waals surface area contributed by atoms with E-state index in [1.165, 1.54) is 24.1 Å². The Labute approximate surface area is 109 Å². The number of nitrogens with two attached hydrogens (primary N) is 1. The molecule has 0 saturated heterocycles. The molecule has 1 aliphatic rings. The minimum absolute atomic E-state index is 0.111. The molecule has 0 spiro atoms. The summed E-state index contributed by atoms with van der Waals surface area (Å²) in [6.45, 7) is 6.24. The number of benzene rings is 1. The van der Waals surface area contributed by atoms with Crippen LogP contribution >= 0.6 is 12.2 Å². The number of rotatable bonds is 3. The fourth-order valence-electron chi connectivity index (χ4n) is 2.33. The van der Waals surface area contributed by atoms with Crippen molar-refractivity contribution in [1.29, 1.82) is 0 Å². The maximum atomic E-state index is 5.81. The second-order valence-corrected chi connectivity index (χ2v) is 5.84. The Morgan fingerprint density at radius 3 is 2.82 bits per heavy atom. The van der Waals surface area contributed by atoms with Gasteiger partial charge in [0.2, 0.25) is 0 Å². The molecule has 1 aromatic carbocycles. The minimum Gasteiger partial charge on any atom is -0.393 e. The first-order valence-electron chi connectivity index (χ1n) is 6.13. The Kier molecular flexibility index (Phi) is 3.38. The van der Waals surface area contributed by atoms with Gasteiger partial charge in [-0.2, -0.15) is 0 Å². The van der Waals surface area contributed by atoms with Gasteiger partial charge in [-0.15, -0.1) is 0 Å². The molecule has 17 heavy (non-hydrogen) atoms. The highest BCUT2D eigenvalue weighted by atomic mass is 32.1. The van der Waals surface area contributed by atoms with Crippen molar-refractivity contribution in [3.05, 3.63) is 29.8 Å². The van der Waals surface area contributed by atoms with E-state index >= 15 is 0 Å². The molecule has 92 valence electrons. The summed E-state index contributed by atoms with van der Waals surface area (Å²) < 4.78 is 0. The second kappa shape index (κ2) is 4.65. The summed E-state index contributed by atoms with van der Waals surface area (Å²) in [4.78, 5) is 3.01. The smallest absolute Gasteiger partial charge is 0.0802 e. The average molecular weight is 248 g/mol.